The SMILES string of the molecule is O=C(C1CCCCC1)N1CCC(c2ccc(OCc3c(Cl)cccc3C(F)(F)F)cc2)(S(=O)c2ccc(F)cc2)C1. The second-order valence-corrected chi connectivity index (χ2v) is 12.8. The zero-order chi connectivity index (χ0) is 29.2. The highest BCUT2D eigenvalue weighted by atomic mass is 35.5. The largest absolute Gasteiger partial charge is 0.489 e. The highest BCUT2D eigenvalue weighted by Gasteiger charge is 2.47. The van der Waals surface area contributed by atoms with Crippen molar-refractivity contribution in [3.05, 3.63) is 94.3 Å². The number of rotatable bonds is 7. The molecule has 1 aliphatic heterocycles. The number of carbonyl (C=O) groups is 1. The number of halogens is 5. The fraction of sp³-hybridized carbons (Fsp3) is 0.387. The lowest BCUT2D eigenvalue weighted by atomic mass is 9.88. The number of ether oxygens (including phenoxy) is 1. The van der Waals surface area contributed by atoms with E-state index in [0.717, 1.165) is 38.2 Å². The lowest BCUT2D eigenvalue weighted by molar-refractivity contribution is -0.138. The molecule has 41 heavy (non-hydrogen) atoms. The molecule has 0 N–H and O–H groups in total. The summed E-state index contributed by atoms with van der Waals surface area (Å²) in [5.74, 6) is -0.0597. The van der Waals surface area contributed by atoms with Crippen molar-refractivity contribution in [2.75, 3.05) is 13.1 Å². The second-order valence-electron chi connectivity index (χ2n) is 10.6. The molecular formula is C31H30ClF4NO3S. The van der Waals surface area contributed by atoms with E-state index in [0.29, 0.717) is 29.2 Å². The van der Waals surface area contributed by atoms with Crippen LogP contribution < -0.4 is 4.74 Å². The highest BCUT2D eigenvalue weighted by molar-refractivity contribution is 7.86. The summed E-state index contributed by atoms with van der Waals surface area (Å²) in [6, 6.07) is 15.8. The van der Waals surface area contributed by atoms with Crippen molar-refractivity contribution in [1.29, 1.82) is 0 Å². The number of likely N-dealkylation sites (tertiary alicyclic amines) is 1. The summed E-state index contributed by atoms with van der Waals surface area (Å²) >= 11 is 6.06. The van der Waals surface area contributed by atoms with Crippen LogP contribution >= 0.6 is 11.6 Å². The quantitative estimate of drug-likeness (QED) is 0.257. The monoisotopic (exact) mass is 607 g/mol. The normalized spacial score (nSPS) is 20.7. The molecule has 3 aromatic rings. The third kappa shape index (κ3) is 6.31. The number of carbonyl (C=O) groups excluding carboxylic acids is 1. The van der Waals surface area contributed by atoms with E-state index in [1.165, 1.54) is 36.4 Å². The molecule has 10 heteroatoms. The van der Waals surface area contributed by atoms with E-state index >= 15 is 0 Å². The van der Waals surface area contributed by atoms with Gasteiger partial charge in [0.2, 0.25) is 5.91 Å². The van der Waals surface area contributed by atoms with Crippen LogP contribution in [0.1, 0.15) is 55.2 Å². The second kappa shape index (κ2) is 12.1. The van der Waals surface area contributed by atoms with Gasteiger partial charge in [0.05, 0.1) is 21.1 Å². The molecule has 2 atom stereocenters. The van der Waals surface area contributed by atoms with Crippen molar-refractivity contribution in [1.82, 2.24) is 4.90 Å². The first kappa shape index (κ1) is 29.6. The first-order chi connectivity index (χ1) is 19.6. The Labute approximate surface area is 244 Å². The number of hydrogen-bond acceptors (Lipinski definition) is 3. The van der Waals surface area contributed by atoms with Crippen LogP contribution in [0.4, 0.5) is 17.6 Å². The molecule has 2 aliphatic rings. The molecule has 5 rings (SSSR count). The van der Waals surface area contributed by atoms with Crippen molar-refractivity contribution >= 4 is 28.3 Å². The third-order valence-electron chi connectivity index (χ3n) is 8.07. The molecule has 1 amide bonds. The van der Waals surface area contributed by atoms with Gasteiger partial charge in [-0.2, -0.15) is 13.2 Å². The fourth-order valence-corrected chi connectivity index (χ4v) is 7.80. The maximum Gasteiger partial charge on any atom is 0.416 e. The van der Waals surface area contributed by atoms with E-state index in [1.54, 1.807) is 29.2 Å². The molecule has 1 saturated carbocycles. The summed E-state index contributed by atoms with van der Waals surface area (Å²) < 4.78 is 72.9. The van der Waals surface area contributed by atoms with Crippen molar-refractivity contribution in [3.8, 4) is 5.75 Å². The Morgan fingerprint density at radius 2 is 1.68 bits per heavy atom. The van der Waals surface area contributed by atoms with Gasteiger partial charge >= 0.3 is 6.18 Å². The Bertz CT molecular complexity index is 1410. The Balaban J connectivity index is 1.40. The van der Waals surface area contributed by atoms with Crippen molar-refractivity contribution in [3.63, 3.8) is 0 Å². The predicted molar refractivity (Wildman–Crippen MR) is 149 cm³/mol. The molecule has 1 saturated heterocycles. The van der Waals surface area contributed by atoms with Crippen LogP contribution in [0.3, 0.4) is 0 Å². The number of amides is 1. The van der Waals surface area contributed by atoms with Crippen LogP contribution in [-0.4, -0.2) is 28.1 Å². The van der Waals surface area contributed by atoms with E-state index in [2.05, 4.69) is 0 Å². The van der Waals surface area contributed by atoms with Gasteiger partial charge in [0.15, 0.2) is 0 Å². The standard InChI is InChI=1S/C31H30ClF4NO3S/c32-28-8-4-7-27(31(34,35)36)26(28)19-40-24-13-9-22(10-14-24)30(41(39)25-15-11-23(33)12-16-25)17-18-37(20-30)29(38)21-5-2-1-3-6-21/h4,7-16,21H,1-3,5-6,17-20H2. The summed E-state index contributed by atoms with van der Waals surface area (Å²) in [5.41, 5.74) is -0.309. The Morgan fingerprint density at radius 3 is 2.34 bits per heavy atom. The van der Waals surface area contributed by atoms with Crippen LogP contribution in [0.5, 0.6) is 5.75 Å². The van der Waals surface area contributed by atoms with Gasteiger partial charge in [-0.3, -0.25) is 9.00 Å². The van der Waals surface area contributed by atoms with Gasteiger partial charge in [-0.15, -0.1) is 0 Å². The van der Waals surface area contributed by atoms with Gasteiger partial charge in [0.25, 0.3) is 0 Å². The van der Waals surface area contributed by atoms with Crippen LogP contribution in [-0.2, 0) is 33.1 Å². The van der Waals surface area contributed by atoms with Gasteiger partial charge in [-0.1, -0.05) is 49.1 Å². The molecule has 2 unspecified atom stereocenters. The predicted octanol–water partition coefficient (Wildman–Crippen LogP) is 7.89. The summed E-state index contributed by atoms with van der Waals surface area (Å²) in [6.45, 7) is 0.318. The Kier molecular flexibility index (Phi) is 8.76. The maximum atomic E-state index is 14.1. The van der Waals surface area contributed by atoms with Crippen molar-refractivity contribution in [2.24, 2.45) is 5.92 Å². The number of alkyl halides is 3. The van der Waals surface area contributed by atoms with Gasteiger partial charge in [-0.05, 0) is 73.4 Å². The van der Waals surface area contributed by atoms with Gasteiger partial charge in [-0.25, -0.2) is 4.39 Å². The van der Waals surface area contributed by atoms with Crippen molar-refractivity contribution < 1.29 is 31.3 Å². The van der Waals surface area contributed by atoms with Gasteiger partial charge < -0.3 is 9.64 Å². The lowest BCUT2D eigenvalue weighted by Crippen LogP contribution is -2.40. The molecule has 1 heterocycles. The highest BCUT2D eigenvalue weighted by Crippen LogP contribution is 2.43. The number of benzene rings is 3. The summed E-state index contributed by atoms with van der Waals surface area (Å²) in [7, 11) is -1.62. The van der Waals surface area contributed by atoms with Gasteiger partial charge in [0.1, 0.15) is 18.2 Å². The topological polar surface area (TPSA) is 46.6 Å². The zero-order valence-corrected chi connectivity index (χ0v) is 23.8. The minimum absolute atomic E-state index is 0.0269. The average Bonchev–Trinajstić information content (AvgIpc) is 3.43. The summed E-state index contributed by atoms with van der Waals surface area (Å²) in [5, 5.41) is -0.0428. The van der Waals surface area contributed by atoms with Crippen LogP contribution in [0.2, 0.25) is 5.02 Å². The van der Waals surface area contributed by atoms with Gasteiger partial charge in [0, 0.05) is 34.5 Å². The Hall–Kier alpha value is -2.91. The van der Waals surface area contributed by atoms with Crippen LogP contribution in [0.15, 0.2) is 71.6 Å². The van der Waals surface area contributed by atoms with Crippen molar-refractivity contribution in [2.45, 2.75) is 61.0 Å². The molecule has 2 fully saturated rings. The van der Waals surface area contributed by atoms with E-state index in [4.69, 9.17) is 16.3 Å². The smallest absolute Gasteiger partial charge is 0.416 e. The van der Waals surface area contributed by atoms with E-state index in [-0.39, 0.29) is 35.6 Å². The average molecular weight is 608 g/mol. The number of nitrogens with zero attached hydrogens (tertiary/aromatic N) is 1. The summed E-state index contributed by atoms with van der Waals surface area (Å²) in [6.07, 6.45) is 0.768. The molecule has 4 nitrogen and oxygen atoms in total. The molecule has 3 aromatic carbocycles. The third-order valence-corrected chi connectivity index (χ3v) is 10.4. The van der Waals surface area contributed by atoms with E-state index < -0.39 is 33.1 Å². The Morgan fingerprint density at radius 1 is 1.00 bits per heavy atom. The van der Waals surface area contributed by atoms with Crippen LogP contribution in [0.25, 0.3) is 0 Å². The van der Waals surface area contributed by atoms with E-state index in [1.807, 2.05) is 0 Å². The molecule has 1 aliphatic carbocycles. The van der Waals surface area contributed by atoms with Crippen LogP contribution in [0, 0.1) is 11.7 Å². The zero-order valence-electron chi connectivity index (χ0n) is 22.3. The molecule has 0 aromatic heterocycles. The minimum Gasteiger partial charge on any atom is -0.489 e. The van der Waals surface area contributed by atoms with E-state index in [9.17, 15) is 26.6 Å². The number of hydrogen-bond donors (Lipinski definition) is 0. The summed E-state index contributed by atoms with van der Waals surface area (Å²) in [4.78, 5) is 15.6. The molecule has 0 bridgehead atoms. The first-order valence-electron chi connectivity index (χ1n) is 13.6. The fourth-order valence-electron chi connectivity index (χ4n) is 5.84. The molecule has 0 radical (unpaired) electrons. The first-order valence-corrected chi connectivity index (χ1v) is 15.2. The molecular weight excluding hydrogens is 578 g/mol. The molecule has 0 spiro atoms. The molecule has 218 valence electrons. The minimum atomic E-state index is -4.58. The lowest BCUT2D eigenvalue weighted by Gasteiger charge is -2.31. The maximum absolute atomic E-state index is 14.1.